The molecule has 0 bridgehead atoms. The molecule has 2 heterocycles. The van der Waals surface area contributed by atoms with Crippen LogP contribution in [0.1, 0.15) is 58.3 Å². The van der Waals surface area contributed by atoms with E-state index in [-0.39, 0.29) is 23.8 Å². The second kappa shape index (κ2) is 7.04. The van der Waals surface area contributed by atoms with Gasteiger partial charge in [0, 0.05) is 32.0 Å². The second-order valence-electron chi connectivity index (χ2n) is 5.82. The van der Waals surface area contributed by atoms with Crippen molar-refractivity contribution in [2.24, 2.45) is 0 Å². The highest BCUT2D eigenvalue weighted by Gasteiger charge is 2.28. The molecule has 108 valence electrons. The van der Waals surface area contributed by atoms with Gasteiger partial charge in [-0.3, -0.25) is 9.59 Å². The first-order valence-corrected chi connectivity index (χ1v) is 7.57. The van der Waals surface area contributed by atoms with Crippen LogP contribution in [-0.2, 0) is 14.3 Å². The molecule has 0 saturated carbocycles. The molecule has 19 heavy (non-hydrogen) atoms. The summed E-state index contributed by atoms with van der Waals surface area (Å²) in [5, 5.41) is 0. The summed E-state index contributed by atoms with van der Waals surface area (Å²) in [4.78, 5) is 25.5. The Morgan fingerprint density at radius 1 is 1.21 bits per heavy atom. The molecule has 0 radical (unpaired) electrons. The van der Waals surface area contributed by atoms with Gasteiger partial charge in [-0.15, -0.1) is 0 Å². The van der Waals surface area contributed by atoms with Gasteiger partial charge in [-0.1, -0.05) is 0 Å². The molecule has 1 amide bonds. The fraction of sp³-hybridized carbons (Fsp3) is 0.867. The third-order valence-electron chi connectivity index (χ3n) is 4.17. The predicted octanol–water partition coefficient (Wildman–Crippen LogP) is 2.31. The Bertz CT molecular complexity index is 323. The monoisotopic (exact) mass is 267 g/mol. The summed E-state index contributed by atoms with van der Waals surface area (Å²) in [6, 6.07) is 0.142. The number of amides is 1. The minimum absolute atomic E-state index is 0.142. The van der Waals surface area contributed by atoms with Crippen LogP contribution >= 0.6 is 0 Å². The lowest BCUT2D eigenvalue weighted by Gasteiger charge is -2.35. The molecule has 2 atom stereocenters. The SMILES string of the molecule is CC(=O)CC1CCCCN1C(=O)CCC1CCCO1. The number of ketones is 1. The Labute approximate surface area is 115 Å². The minimum Gasteiger partial charge on any atom is -0.378 e. The Morgan fingerprint density at radius 3 is 2.74 bits per heavy atom. The van der Waals surface area contributed by atoms with Crippen LogP contribution < -0.4 is 0 Å². The molecule has 2 fully saturated rings. The molecule has 0 aromatic heterocycles. The van der Waals surface area contributed by atoms with Gasteiger partial charge in [0.25, 0.3) is 0 Å². The Kier molecular flexibility index (Phi) is 5.37. The molecule has 4 nitrogen and oxygen atoms in total. The van der Waals surface area contributed by atoms with Crippen molar-refractivity contribution in [2.75, 3.05) is 13.2 Å². The summed E-state index contributed by atoms with van der Waals surface area (Å²) in [6.45, 7) is 3.28. The number of Topliss-reactive ketones (excluding diaryl/α,β-unsaturated/α-hetero) is 1. The third-order valence-corrected chi connectivity index (χ3v) is 4.17. The molecule has 0 aromatic carbocycles. The molecule has 0 N–H and O–H groups in total. The van der Waals surface area contributed by atoms with Crippen molar-refractivity contribution in [3.63, 3.8) is 0 Å². The molecule has 2 rings (SSSR count). The van der Waals surface area contributed by atoms with Crippen molar-refractivity contribution in [2.45, 2.75) is 70.4 Å². The summed E-state index contributed by atoms with van der Waals surface area (Å²) in [6.07, 6.45) is 7.59. The molecule has 2 unspecified atom stereocenters. The Hall–Kier alpha value is -0.900. The molecule has 2 aliphatic rings. The number of ether oxygens (including phenoxy) is 1. The quantitative estimate of drug-likeness (QED) is 0.768. The van der Waals surface area contributed by atoms with E-state index < -0.39 is 0 Å². The van der Waals surface area contributed by atoms with Gasteiger partial charge in [-0.2, -0.15) is 0 Å². The van der Waals surface area contributed by atoms with Crippen molar-refractivity contribution in [1.29, 1.82) is 0 Å². The van der Waals surface area contributed by atoms with E-state index >= 15 is 0 Å². The molecule has 0 aromatic rings. The maximum atomic E-state index is 12.3. The van der Waals surface area contributed by atoms with Crippen molar-refractivity contribution >= 4 is 11.7 Å². The lowest BCUT2D eigenvalue weighted by Crippen LogP contribution is -2.44. The average molecular weight is 267 g/mol. The molecule has 0 spiro atoms. The van der Waals surface area contributed by atoms with Crippen LogP contribution in [-0.4, -0.2) is 41.9 Å². The summed E-state index contributed by atoms with van der Waals surface area (Å²) in [5.74, 6) is 0.394. The molecular formula is C15H25NO3. The highest BCUT2D eigenvalue weighted by Crippen LogP contribution is 2.23. The maximum Gasteiger partial charge on any atom is 0.222 e. The number of hydrogen-bond acceptors (Lipinski definition) is 3. The van der Waals surface area contributed by atoms with Gasteiger partial charge in [-0.05, 0) is 45.4 Å². The smallest absolute Gasteiger partial charge is 0.222 e. The van der Waals surface area contributed by atoms with E-state index in [1.165, 1.54) is 0 Å². The molecule has 2 aliphatic heterocycles. The van der Waals surface area contributed by atoms with Gasteiger partial charge in [0.1, 0.15) is 5.78 Å². The van der Waals surface area contributed by atoms with Crippen LogP contribution in [0.5, 0.6) is 0 Å². The fourth-order valence-corrected chi connectivity index (χ4v) is 3.17. The number of hydrogen-bond donors (Lipinski definition) is 0. The van der Waals surface area contributed by atoms with Gasteiger partial charge in [0.2, 0.25) is 5.91 Å². The zero-order chi connectivity index (χ0) is 13.7. The fourth-order valence-electron chi connectivity index (χ4n) is 3.17. The van der Waals surface area contributed by atoms with Crippen molar-refractivity contribution in [3.05, 3.63) is 0 Å². The van der Waals surface area contributed by atoms with E-state index in [2.05, 4.69) is 0 Å². The number of rotatable bonds is 5. The van der Waals surface area contributed by atoms with Crippen LogP contribution in [0, 0.1) is 0 Å². The van der Waals surface area contributed by atoms with E-state index in [1.807, 2.05) is 4.90 Å². The van der Waals surface area contributed by atoms with E-state index in [0.29, 0.717) is 12.8 Å². The number of nitrogens with zero attached hydrogens (tertiary/aromatic N) is 1. The molecule has 2 saturated heterocycles. The normalized spacial score (nSPS) is 27.5. The highest BCUT2D eigenvalue weighted by molar-refractivity contribution is 5.79. The first kappa shape index (κ1) is 14.5. The van der Waals surface area contributed by atoms with Gasteiger partial charge >= 0.3 is 0 Å². The minimum atomic E-state index is 0.142. The van der Waals surface area contributed by atoms with Crippen LogP contribution in [0.25, 0.3) is 0 Å². The number of likely N-dealkylation sites (tertiary alicyclic amines) is 1. The molecule has 4 heteroatoms. The van der Waals surface area contributed by atoms with Crippen molar-refractivity contribution < 1.29 is 14.3 Å². The number of carbonyl (C=O) groups excluding carboxylic acids is 2. The van der Waals surface area contributed by atoms with Crippen LogP contribution in [0.3, 0.4) is 0 Å². The second-order valence-corrected chi connectivity index (χ2v) is 5.82. The standard InChI is InChI=1S/C15H25NO3/c1-12(17)11-13-5-2-3-9-16(13)15(18)8-7-14-6-4-10-19-14/h13-14H,2-11H2,1H3. The van der Waals surface area contributed by atoms with E-state index in [4.69, 9.17) is 4.74 Å². The first-order chi connectivity index (χ1) is 9.16. The number of carbonyl (C=O) groups is 2. The zero-order valence-electron chi connectivity index (χ0n) is 11.9. The van der Waals surface area contributed by atoms with Crippen molar-refractivity contribution in [3.8, 4) is 0 Å². The van der Waals surface area contributed by atoms with Gasteiger partial charge in [0.15, 0.2) is 0 Å². The van der Waals surface area contributed by atoms with E-state index in [0.717, 1.165) is 51.7 Å². The third kappa shape index (κ3) is 4.30. The topological polar surface area (TPSA) is 46.6 Å². The summed E-state index contributed by atoms with van der Waals surface area (Å²) >= 11 is 0. The van der Waals surface area contributed by atoms with E-state index in [9.17, 15) is 9.59 Å². The van der Waals surface area contributed by atoms with Gasteiger partial charge < -0.3 is 9.64 Å². The summed E-state index contributed by atoms with van der Waals surface area (Å²) in [5.41, 5.74) is 0. The van der Waals surface area contributed by atoms with Gasteiger partial charge in [-0.25, -0.2) is 0 Å². The lowest BCUT2D eigenvalue weighted by molar-refractivity contribution is -0.136. The Morgan fingerprint density at radius 2 is 2.05 bits per heavy atom. The summed E-state index contributed by atoms with van der Waals surface area (Å²) in [7, 11) is 0. The summed E-state index contributed by atoms with van der Waals surface area (Å²) < 4.78 is 5.56. The van der Waals surface area contributed by atoms with Crippen LogP contribution in [0.4, 0.5) is 0 Å². The molecule has 0 aliphatic carbocycles. The largest absolute Gasteiger partial charge is 0.378 e. The first-order valence-electron chi connectivity index (χ1n) is 7.57. The van der Waals surface area contributed by atoms with Gasteiger partial charge in [0.05, 0.1) is 6.10 Å². The molecular weight excluding hydrogens is 242 g/mol. The zero-order valence-corrected chi connectivity index (χ0v) is 11.9. The highest BCUT2D eigenvalue weighted by atomic mass is 16.5. The number of piperidine rings is 1. The van der Waals surface area contributed by atoms with E-state index in [1.54, 1.807) is 6.92 Å². The predicted molar refractivity (Wildman–Crippen MR) is 72.9 cm³/mol. The average Bonchev–Trinajstić information content (AvgIpc) is 2.89. The Balaban J connectivity index is 1.82. The van der Waals surface area contributed by atoms with Crippen LogP contribution in [0.2, 0.25) is 0 Å². The van der Waals surface area contributed by atoms with Crippen LogP contribution in [0.15, 0.2) is 0 Å². The van der Waals surface area contributed by atoms with Crippen molar-refractivity contribution in [1.82, 2.24) is 4.90 Å². The lowest BCUT2D eigenvalue weighted by atomic mass is 9.97. The maximum absolute atomic E-state index is 12.3.